The maximum Gasteiger partial charge on any atom is 0.257 e. The third kappa shape index (κ3) is 3.81. The van der Waals surface area contributed by atoms with Gasteiger partial charge in [-0.1, -0.05) is 0 Å². The number of nitrogens with one attached hydrogen (secondary N) is 1. The third-order valence-electron chi connectivity index (χ3n) is 4.34. The molecule has 0 saturated carbocycles. The lowest BCUT2D eigenvalue weighted by Crippen LogP contribution is -2.49. The molecule has 1 aromatic heterocycles. The second-order valence-corrected chi connectivity index (χ2v) is 6.01. The molecule has 1 fully saturated rings. The molecule has 3 rings (SSSR count). The van der Waals surface area contributed by atoms with Crippen molar-refractivity contribution in [2.45, 2.75) is 25.9 Å². The number of nitrogens with zero attached hydrogens (tertiary/aromatic N) is 3. The fraction of sp³-hybridized carbons (Fsp3) is 0.389. The molecular weight excluding hydrogens is 320 g/mol. The van der Waals surface area contributed by atoms with Gasteiger partial charge >= 0.3 is 0 Å². The second-order valence-electron chi connectivity index (χ2n) is 6.01. The Bertz CT molecular complexity index is 726. The molecule has 0 radical (unpaired) electrons. The van der Waals surface area contributed by atoms with Gasteiger partial charge in [0.25, 0.3) is 5.91 Å². The highest BCUT2D eigenvalue weighted by Gasteiger charge is 2.29. The van der Waals surface area contributed by atoms with E-state index in [9.17, 15) is 4.79 Å². The summed E-state index contributed by atoms with van der Waals surface area (Å²) in [5.74, 6) is 1.90. The quantitative estimate of drug-likeness (QED) is 0.868. The molecule has 7 nitrogen and oxygen atoms in total. The number of hydrogen-bond acceptors (Lipinski definition) is 6. The zero-order valence-electron chi connectivity index (χ0n) is 14.7. The van der Waals surface area contributed by atoms with E-state index in [1.807, 2.05) is 30.0 Å². The first-order valence-corrected chi connectivity index (χ1v) is 8.19. The van der Waals surface area contributed by atoms with Crippen molar-refractivity contribution in [1.29, 1.82) is 0 Å². The normalized spacial score (nSPS) is 16.1. The van der Waals surface area contributed by atoms with Gasteiger partial charge in [0.1, 0.15) is 11.5 Å². The molecule has 1 aliphatic rings. The van der Waals surface area contributed by atoms with Crippen molar-refractivity contribution in [3.63, 3.8) is 0 Å². The molecule has 0 spiro atoms. The smallest absolute Gasteiger partial charge is 0.257 e. The van der Waals surface area contributed by atoms with E-state index < -0.39 is 0 Å². The van der Waals surface area contributed by atoms with Gasteiger partial charge in [-0.2, -0.15) is 0 Å². The number of carbonyl (C=O) groups excluding carboxylic acids is 1. The van der Waals surface area contributed by atoms with E-state index in [0.29, 0.717) is 24.1 Å². The Labute approximate surface area is 147 Å². The Morgan fingerprint density at radius 2 is 1.84 bits per heavy atom. The number of likely N-dealkylation sites (tertiary alicyclic amines) is 1. The molecule has 25 heavy (non-hydrogen) atoms. The Balaban J connectivity index is 1.63. The Morgan fingerprint density at radius 3 is 2.32 bits per heavy atom. The van der Waals surface area contributed by atoms with Crippen LogP contribution in [0.3, 0.4) is 0 Å². The first-order valence-electron chi connectivity index (χ1n) is 8.19. The number of amides is 1. The Kier molecular flexibility index (Phi) is 5.02. The minimum absolute atomic E-state index is 0.0113. The van der Waals surface area contributed by atoms with Crippen LogP contribution in [0.5, 0.6) is 11.5 Å². The van der Waals surface area contributed by atoms with Crippen LogP contribution in [-0.4, -0.2) is 47.6 Å². The van der Waals surface area contributed by atoms with E-state index in [4.69, 9.17) is 9.47 Å². The molecule has 1 aromatic carbocycles. The zero-order chi connectivity index (χ0) is 17.8. The van der Waals surface area contributed by atoms with Crippen molar-refractivity contribution in [2.75, 3.05) is 26.1 Å². The van der Waals surface area contributed by atoms with Gasteiger partial charge < -0.3 is 19.7 Å². The summed E-state index contributed by atoms with van der Waals surface area (Å²) < 4.78 is 10.5. The van der Waals surface area contributed by atoms with Gasteiger partial charge in [-0.3, -0.25) is 4.79 Å². The minimum Gasteiger partial charge on any atom is -0.497 e. The standard InChI is InChI=1S/C18H22N4O3/c1-12-4-5-22(12)17(23)14-10-20-18(21-11-14)19-9-13-6-15(24-2)8-16(7-13)25-3/h6-8,10-12H,4-5,9H2,1-3H3,(H,19,20,21)/t12-/m0/s1. The van der Waals surface area contributed by atoms with Gasteiger partial charge in [-0.25, -0.2) is 9.97 Å². The first kappa shape index (κ1) is 17.0. The monoisotopic (exact) mass is 342 g/mol. The van der Waals surface area contributed by atoms with Crippen LogP contribution in [0, 0.1) is 0 Å². The van der Waals surface area contributed by atoms with Crippen molar-refractivity contribution in [1.82, 2.24) is 14.9 Å². The number of anilines is 1. The van der Waals surface area contributed by atoms with Crippen LogP contribution >= 0.6 is 0 Å². The van der Waals surface area contributed by atoms with Crippen LogP contribution in [0.1, 0.15) is 29.3 Å². The van der Waals surface area contributed by atoms with Crippen LogP contribution in [0.4, 0.5) is 5.95 Å². The van der Waals surface area contributed by atoms with Crippen molar-refractivity contribution >= 4 is 11.9 Å². The van der Waals surface area contributed by atoms with Crippen molar-refractivity contribution in [2.24, 2.45) is 0 Å². The lowest BCUT2D eigenvalue weighted by Gasteiger charge is -2.38. The topological polar surface area (TPSA) is 76.6 Å². The maximum atomic E-state index is 12.3. The van der Waals surface area contributed by atoms with Gasteiger partial charge in [0.15, 0.2) is 0 Å². The molecule has 0 bridgehead atoms. The maximum absolute atomic E-state index is 12.3. The van der Waals surface area contributed by atoms with Crippen molar-refractivity contribution in [3.8, 4) is 11.5 Å². The lowest BCUT2D eigenvalue weighted by molar-refractivity contribution is 0.0501. The molecule has 0 aliphatic carbocycles. The molecule has 2 heterocycles. The summed E-state index contributed by atoms with van der Waals surface area (Å²) in [7, 11) is 3.23. The zero-order valence-corrected chi connectivity index (χ0v) is 14.7. The number of hydrogen-bond donors (Lipinski definition) is 1. The summed E-state index contributed by atoms with van der Waals surface area (Å²) in [6, 6.07) is 5.95. The summed E-state index contributed by atoms with van der Waals surface area (Å²) in [5, 5.41) is 3.14. The molecule has 132 valence electrons. The molecule has 1 saturated heterocycles. The average Bonchev–Trinajstić information content (AvgIpc) is 2.65. The van der Waals surface area contributed by atoms with Gasteiger partial charge in [-0.05, 0) is 31.0 Å². The van der Waals surface area contributed by atoms with Gasteiger partial charge in [0.2, 0.25) is 5.95 Å². The summed E-state index contributed by atoms with van der Waals surface area (Å²) in [6.45, 7) is 3.36. The Morgan fingerprint density at radius 1 is 1.20 bits per heavy atom. The predicted octanol–water partition coefficient (Wildman–Crippen LogP) is 2.34. The number of rotatable bonds is 6. The van der Waals surface area contributed by atoms with Gasteiger partial charge in [-0.15, -0.1) is 0 Å². The largest absolute Gasteiger partial charge is 0.497 e. The fourth-order valence-corrected chi connectivity index (χ4v) is 2.66. The van der Waals surface area contributed by atoms with E-state index >= 15 is 0 Å². The molecule has 0 unspecified atom stereocenters. The number of carbonyl (C=O) groups is 1. The van der Waals surface area contributed by atoms with Crippen molar-refractivity contribution < 1.29 is 14.3 Å². The molecule has 1 amide bonds. The molecular formula is C18H22N4O3. The summed E-state index contributed by atoms with van der Waals surface area (Å²) in [6.07, 6.45) is 4.18. The van der Waals surface area contributed by atoms with E-state index in [1.54, 1.807) is 26.6 Å². The third-order valence-corrected chi connectivity index (χ3v) is 4.34. The second kappa shape index (κ2) is 7.38. The first-order chi connectivity index (χ1) is 12.1. The highest BCUT2D eigenvalue weighted by atomic mass is 16.5. The van der Waals surface area contributed by atoms with E-state index in [-0.39, 0.29) is 5.91 Å². The van der Waals surface area contributed by atoms with Crippen LogP contribution in [0.25, 0.3) is 0 Å². The molecule has 2 aromatic rings. The number of aromatic nitrogens is 2. The van der Waals surface area contributed by atoms with Gasteiger partial charge in [0.05, 0.1) is 19.8 Å². The fourth-order valence-electron chi connectivity index (χ4n) is 2.66. The summed E-state index contributed by atoms with van der Waals surface area (Å²) in [4.78, 5) is 22.6. The Hall–Kier alpha value is -2.83. The van der Waals surface area contributed by atoms with E-state index in [2.05, 4.69) is 15.3 Å². The molecule has 1 atom stereocenters. The van der Waals surface area contributed by atoms with Crippen LogP contribution in [-0.2, 0) is 6.54 Å². The molecule has 1 aliphatic heterocycles. The minimum atomic E-state index is -0.0113. The van der Waals surface area contributed by atoms with Crippen molar-refractivity contribution in [3.05, 3.63) is 41.7 Å². The van der Waals surface area contributed by atoms with Gasteiger partial charge in [0, 0.05) is 37.6 Å². The number of benzene rings is 1. The molecule has 7 heteroatoms. The van der Waals surface area contributed by atoms with Crippen LogP contribution in [0.2, 0.25) is 0 Å². The number of methoxy groups -OCH3 is 2. The SMILES string of the molecule is COc1cc(CNc2ncc(C(=O)N3CC[C@@H]3C)cn2)cc(OC)c1. The highest BCUT2D eigenvalue weighted by molar-refractivity contribution is 5.94. The van der Waals surface area contributed by atoms with Crippen LogP contribution < -0.4 is 14.8 Å². The van der Waals surface area contributed by atoms with E-state index in [1.165, 1.54) is 0 Å². The summed E-state index contributed by atoms with van der Waals surface area (Å²) in [5.41, 5.74) is 1.49. The predicted molar refractivity (Wildman–Crippen MR) is 94.0 cm³/mol. The number of ether oxygens (including phenoxy) is 2. The van der Waals surface area contributed by atoms with Crippen LogP contribution in [0.15, 0.2) is 30.6 Å². The molecule has 1 N–H and O–H groups in total. The average molecular weight is 342 g/mol. The highest BCUT2D eigenvalue weighted by Crippen LogP contribution is 2.23. The lowest BCUT2D eigenvalue weighted by atomic mass is 10.0. The van der Waals surface area contributed by atoms with E-state index in [0.717, 1.165) is 30.0 Å². The summed E-state index contributed by atoms with van der Waals surface area (Å²) >= 11 is 0.